The Morgan fingerprint density at radius 1 is 1.24 bits per heavy atom. The van der Waals surface area contributed by atoms with Crippen molar-refractivity contribution in [2.45, 2.75) is 66.1 Å². The molecule has 4 rings (SSSR count). The third kappa shape index (κ3) is 5.99. The first-order chi connectivity index (χ1) is 18.2. The van der Waals surface area contributed by atoms with E-state index >= 15 is 0 Å². The molecule has 9 nitrogen and oxygen atoms in total. The highest BCUT2D eigenvalue weighted by Crippen LogP contribution is 2.36. The highest BCUT2D eigenvalue weighted by Gasteiger charge is 2.27. The van der Waals surface area contributed by atoms with E-state index in [1.807, 2.05) is 39.2 Å². The number of hydrogen-bond acceptors (Lipinski definition) is 6. The van der Waals surface area contributed by atoms with E-state index in [1.54, 1.807) is 6.92 Å². The van der Waals surface area contributed by atoms with Gasteiger partial charge in [-0.05, 0) is 71.7 Å². The van der Waals surface area contributed by atoms with Crippen molar-refractivity contribution in [3.63, 3.8) is 0 Å². The molecule has 1 saturated heterocycles. The van der Waals surface area contributed by atoms with Crippen LogP contribution in [0.1, 0.15) is 58.7 Å². The Morgan fingerprint density at radius 3 is 2.68 bits per heavy atom. The molecule has 2 aromatic rings. The third-order valence-electron chi connectivity index (χ3n) is 7.14. The molecule has 0 bridgehead atoms. The summed E-state index contributed by atoms with van der Waals surface area (Å²) in [5, 5.41) is 22.9. The topological polar surface area (TPSA) is 114 Å². The average Bonchev–Trinajstić information content (AvgIpc) is 3.22. The number of benzene rings is 1. The van der Waals surface area contributed by atoms with Gasteiger partial charge >= 0.3 is 0 Å². The Labute approximate surface area is 226 Å². The number of likely N-dealkylation sites (tertiary alicyclic amines) is 1. The predicted molar refractivity (Wildman–Crippen MR) is 156 cm³/mol. The molecule has 2 aliphatic heterocycles. The highest BCUT2D eigenvalue weighted by molar-refractivity contribution is 6.10. The second-order valence-corrected chi connectivity index (χ2v) is 10.7. The third-order valence-corrected chi connectivity index (χ3v) is 7.14. The molecule has 1 fully saturated rings. The van der Waals surface area contributed by atoms with Crippen LogP contribution in [-0.4, -0.2) is 71.2 Å². The fourth-order valence-corrected chi connectivity index (χ4v) is 5.35. The summed E-state index contributed by atoms with van der Waals surface area (Å²) in [6.45, 7) is 13.6. The first-order valence-electron chi connectivity index (χ1n) is 13.6. The maximum Gasteiger partial charge on any atom is 0.155 e. The first kappa shape index (κ1) is 27.6. The van der Waals surface area contributed by atoms with Crippen molar-refractivity contribution in [1.29, 1.82) is 10.8 Å². The monoisotopic (exact) mass is 518 g/mol. The zero-order chi connectivity index (χ0) is 27.4. The van der Waals surface area contributed by atoms with Gasteiger partial charge in [0, 0.05) is 55.3 Å². The number of amidine groups is 2. The normalized spacial score (nSPS) is 18.7. The average molecular weight is 519 g/mol. The number of allylic oxidation sites excluding steroid dienone is 1. The molecule has 0 aliphatic carbocycles. The van der Waals surface area contributed by atoms with Crippen LogP contribution in [0.2, 0.25) is 0 Å². The van der Waals surface area contributed by atoms with Crippen molar-refractivity contribution >= 4 is 23.5 Å². The van der Waals surface area contributed by atoms with Gasteiger partial charge in [0.25, 0.3) is 0 Å². The van der Waals surface area contributed by atoms with Crippen molar-refractivity contribution < 1.29 is 4.74 Å². The quantitative estimate of drug-likeness (QED) is 0.321. The molecular formula is C29H42N8O. The lowest BCUT2D eigenvalue weighted by atomic mass is 9.89. The summed E-state index contributed by atoms with van der Waals surface area (Å²) in [6.07, 6.45) is 5.72. The summed E-state index contributed by atoms with van der Waals surface area (Å²) in [7, 11) is 1.96. The van der Waals surface area contributed by atoms with Crippen LogP contribution in [0.5, 0.6) is 5.75 Å². The Morgan fingerprint density at radius 2 is 2.03 bits per heavy atom. The maximum absolute atomic E-state index is 8.32. The van der Waals surface area contributed by atoms with E-state index in [2.05, 4.69) is 45.0 Å². The number of fused-ring (bicyclic) bond motifs is 3. The number of aliphatic imine (C=N–C) groups is 1. The molecule has 0 amide bonds. The number of nitrogens with zero attached hydrogens (tertiary/aromatic N) is 4. The summed E-state index contributed by atoms with van der Waals surface area (Å²) < 4.78 is 8.28. The zero-order valence-corrected chi connectivity index (χ0v) is 23.6. The molecule has 1 atom stereocenters. The number of rotatable bonds is 7. The van der Waals surface area contributed by atoms with Gasteiger partial charge < -0.3 is 30.2 Å². The van der Waals surface area contributed by atoms with Crippen LogP contribution >= 0.6 is 0 Å². The Hall–Kier alpha value is -3.46. The molecular weight excluding hydrogens is 476 g/mol. The van der Waals surface area contributed by atoms with Crippen LogP contribution in [0.25, 0.3) is 17.0 Å². The lowest BCUT2D eigenvalue weighted by molar-refractivity contribution is 0.152. The van der Waals surface area contributed by atoms with Crippen LogP contribution in [-0.2, 0) is 6.54 Å². The standard InChI is InChI=1S/C29H42N8O/c1-18(2)33-28(34-20(5)31)25-17-37-12-13-38-26-14-21(9-10-23(26)29(37)35-25)24(15-30)27(32-6)22-8-7-11-36(16-22)19(3)4/h9-10,14-15,17-19,22,30,32H,7-8,11-13,16H2,1-6H3,(H2,31,33,34)/b27-24+,30-15?. The summed E-state index contributed by atoms with van der Waals surface area (Å²) in [5.74, 6) is 2.76. The minimum absolute atomic E-state index is 0.164. The number of hydrogen-bond donors (Lipinski definition) is 4. The number of aromatic nitrogens is 2. The van der Waals surface area contributed by atoms with Gasteiger partial charge in [-0.1, -0.05) is 6.07 Å². The second kappa shape index (κ2) is 11.9. The predicted octanol–water partition coefficient (Wildman–Crippen LogP) is 4.38. The smallest absolute Gasteiger partial charge is 0.155 e. The molecule has 1 aromatic heterocycles. The first-order valence-corrected chi connectivity index (χ1v) is 13.6. The molecule has 0 spiro atoms. The second-order valence-electron chi connectivity index (χ2n) is 10.7. The molecule has 0 saturated carbocycles. The fourth-order valence-electron chi connectivity index (χ4n) is 5.35. The number of nitrogens with one attached hydrogen (secondary N) is 4. The van der Waals surface area contributed by atoms with E-state index in [9.17, 15) is 0 Å². The molecule has 9 heteroatoms. The number of imidazole rings is 1. The molecule has 3 heterocycles. The van der Waals surface area contributed by atoms with Gasteiger partial charge in [-0.15, -0.1) is 0 Å². The Balaban J connectivity index is 1.72. The van der Waals surface area contributed by atoms with E-state index < -0.39 is 0 Å². The lowest BCUT2D eigenvalue weighted by Gasteiger charge is -2.37. The van der Waals surface area contributed by atoms with Crippen LogP contribution in [0.15, 0.2) is 35.1 Å². The number of ether oxygens (including phenoxy) is 1. The molecule has 204 valence electrons. The molecule has 1 unspecified atom stereocenters. The Bertz CT molecular complexity index is 1240. The minimum atomic E-state index is 0.164. The van der Waals surface area contributed by atoms with Gasteiger partial charge in [0.1, 0.15) is 29.7 Å². The van der Waals surface area contributed by atoms with E-state index in [0.717, 1.165) is 59.9 Å². The van der Waals surface area contributed by atoms with Crippen molar-refractivity contribution in [3.8, 4) is 17.1 Å². The summed E-state index contributed by atoms with van der Waals surface area (Å²) in [5.41, 5.74) is 4.60. The zero-order valence-electron chi connectivity index (χ0n) is 23.6. The summed E-state index contributed by atoms with van der Waals surface area (Å²) in [4.78, 5) is 11.8. The van der Waals surface area contributed by atoms with Crippen LogP contribution in [0, 0.1) is 16.7 Å². The summed E-state index contributed by atoms with van der Waals surface area (Å²) >= 11 is 0. The van der Waals surface area contributed by atoms with Crippen LogP contribution in [0.3, 0.4) is 0 Å². The molecule has 2 aliphatic rings. The van der Waals surface area contributed by atoms with E-state index in [1.165, 1.54) is 6.21 Å². The van der Waals surface area contributed by atoms with Crippen LogP contribution < -0.4 is 15.4 Å². The van der Waals surface area contributed by atoms with Gasteiger partial charge in [0.15, 0.2) is 5.84 Å². The highest BCUT2D eigenvalue weighted by atomic mass is 16.5. The van der Waals surface area contributed by atoms with Crippen molar-refractivity contribution in [1.82, 2.24) is 25.1 Å². The maximum atomic E-state index is 8.32. The van der Waals surface area contributed by atoms with Gasteiger partial charge in [-0.3, -0.25) is 5.41 Å². The molecule has 1 aromatic carbocycles. The van der Waals surface area contributed by atoms with E-state index in [4.69, 9.17) is 20.5 Å². The summed E-state index contributed by atoms with van der Waals surface area (Å²) in [6, 6.07) is 6.83. The largest absolute Gasteiger partial charge is 0.491 e. The van der Waals surface area contributed by atoms with Gasteiger partial charge in [-0.25, -0.2) is 9.98 Å². The Kier molecular flexibility index (Phi) is 8.66. The van der Waals surface area contributed by atoms with Crippen LogP contribution in [0.4, 0.5) is 0 Å². The van der Waals surface area contributed by atoms with Crippen molar-refractivity contribution in [2.75, 3.05) is 26.7 Å². The fraction of sp³-hybridized carbons (Fsp3) is 0.517. The minimum Gasteiger partial charge on any atom is -0.491 e. The van der Waals surface area contributed by atoms with Crippen molar-refractivity contribution in [2.24, 2.45) is 10.9 Å². The van der Waals surface area contributed by atoms with Gasteiger partial charge in [0.2, 0.25) is 0 Å². The lowest BCUT2D eigenvalue weighted by Crippen LogP contribution is -2.42. The molecule has 4 N–H and O–H groups in total. The van der Waals surface area contributed by atoms with E-state index in [0.29, 0.717) is 36.6 Å². The SMILES string of the molecule is CN/C(=C(\C=N)c1ccc2c(c1)OCCn1cc(/C(=N/C(C)=N)NC(C)C)nc1-2)C1CCCN(C(C)C)C1. The number of piperidine rings is 1. The van der Waals surface area contributed by atoms with Crippen molar-refractivity contribution in [3.05, 3.63) is 41.4 Å². The van der Waals surface area contributed by atoms with Gasteiger partial charge in [0.05, 0.1) is 12.1 Å². The molecule has 0 radical (unpaired) electrons. The van der Waals surface area contributed by atoms with Gasteiger partial charge in [-0.2, -0.15) is 0 Å². The molecule has 38 heavy (non-hydrogen) atoms. The van der Waals surface area contributed by atoms with E-state index in [-0.39, 0.29) is 11.9 Å².